The average Bonchev–Trinajstić information content (AvgIpc) is 3.14. The van der Waals surface area contributed by atoms with Crippen molar-refractivity contribution < 1.29 is 19.5 Å². The predicted molar refractivity (Wildman–Crippen MR) is 95.5 cm³/mol. The van der Waals surface area contributed by atoms with Crippen LogP contribution in [0.5, 0.6) is 0 Å². The van der Waals surface area contributed by atoms with E-state index < -0.39 is 5.97 Å². The monoisotopic (exact) mass is 360 g/mol. The first-order valence-electron chi connectivity index (χ1n) is 7.94. The molecule has 1 unspecified atom stereocenters. The van der Waals surface area contributed by atoms with Gasteiger partial charge in [0.25, 0.3) is 5.91 Å². The predicted octanol–water partition coefficient (Wildman–Crippen LogP) is 2.59. The second kappa shape index (κ2) is 9.58. The van der Waals surface area contributed by atoms with Gasteiger partial charge in [-0.25, -0.2) is 0 Å². The van der Waals surface area contributed by atoms with E-state index in [1.165, 1.54) is 11.3 Å². The van der Waals surface area contributed by atoms with Gasteiger partial charge in [-0.1, -0.05) is 36.4 Å². The second-order valence-electron chi connectivity index (χ2n) is 5.45. The fourth-order valence-electron chi connectivity index (χ4n) is 2.33. The van der Waals surface area contributed by atoms with Gasteiger partial charge in [0.2, 0.25) is 5.91 Å². The first-order valence-corrected chi connectivity index (χ1v) is 8.82. The first-order chi connectivity index (χ1) is 12.1. The van der Waals surface area contributed by atoms with Crippen LogP contribution in [0.3, 0.4) is 0 Å². The van der Waals surface area contributed by atoms with Gasteiger partial charge in [0.1, 0.15) is 0 Å². The lowest BCUT2D eigenvalue weighted by Crippen LogP contribution is -2.33. The molecule has 7 heteroatoms. The van der Waals surface area contributed by atoms with Gasteiger partial charge in [-0.15, -0.1) is 11.3 Å². The third kappa shape index (κ3) is 6.39. The molecule has 6 nitrogen and oxygen atoms in total. The lowest BCUT2D eigenvalue weighted by molar-refractivity contribution is -0.137. The van der Waals surface area contributed by atoms with Gasteiger partial charge in [0, 0.05) is 19.4 Å². The lowest BCUT2D eigenvalue weighted by atomic mass is 10.0. The van der Waals surface area contributed by atoms with Crippen molar-refractivity contribution in [3.05, 3.63) is 58.3 Å². The molecule has 0 aliphatic rings. The Morgan fingerprint density at radius 3 is 2.44 bits per heavy atom. The van der Waals surface area contributed by atoms with Gasteiger partial charge in [-0.2, -0.15) is 0 Å². The highest BCUT2D eigenvalue weighted by atomic mass is 32.1. The normalized spacial score (nSPS) is 11.5. The van der Waals surface area contributed by atoms with Crippen molar-refractivity contribution in [1.29, 1.82) is 0 Å². The van der Waals surface area contributed by atoms with Crippen LogP contribution >= 0.6 is 11.3 Å². The fourth-order valence-corrected chi connectivity index (χ4v) is 2.97. The Morgan fingerprint density at radius 1 is 1.04 bits per heavy atom. The Labute approximate surface area is 149 Å². The molecule has 1 heterocycles. The summed E-state index contributed by atoms with van der Waals surface area (Å²) in [5.41, 5.74) is 0.861. The number of thiophene rings is 1. The van der Waals surface area contributed by atoms with Crippen LogP contribution in [0.2, 0.25) is 0 Å². The van der Waals surface area contributed by atoms with Crippen LogP contribution in [-0.2, 0) is 9.59 Å². The molecule has 0 saturated heterocycles. The summed E-state index contributed by atoms with van der Waals surface area (Å²) in [6.07, 6.45) is 0.412. The van der Waals surface area contributed by atoms with Crippen LogP contribution in [0.4, 0.5) is 0 Å². The van der Waals surface area contributed by atoms with E-state index in [1.807, 2.05) is 35.7 Å². The standard InChI is InChI=1S/C18H20N2O4S/c21-16(10-11-19-18(24)15-7-4-12-25-15)20-14(8-9-17(22)23)13-5-2-1-3-6-13/h1-7,12,14H,8-11H2,(H,19,24)(H,20,21)(H,22,23). The molecule has 25 heavy (non-hydrogen) atoms. The molecule has 2 rings (SSSR count). The van der Waals surface area contributed by atoms with Crippen LogP contribution < -0.4 is 10.6 Å². The van der Waals surface area contributed by atoms with Crippen molar-refractivity contribution in [2.24, 2.45) is 0 Å². The zero-order valence-electron chi connectivity index (χ0n) is 13.6. The van der Waals surface area contributed by atoms with Crippen LogP contribution in [0, 0.1) is 0 Å². The molecule has 1 aromatic carbocycles. The van der Waals surface area contributed by atoms with Crippen molar-refractivity contribution in [2.45, 2.75) is 25.3 Å². The maximum atomic E-state index is 12.1. The molecule has 2 aromatic rings. The Kier molecular flexibility index (Phi) is 7.16. The Bertz CT molecular complexity index is 701. The summed E-state index contributed by atoms with van der Waals surface area (Å²) in [5.74, 6) is -1.34. The Hall–Kier alpha value is -2.67. The molecule has 0 fully saturated rings. The van der Waals surface area contributed by atoms with Gasteiger partial charge in [0.15, 0.2) is 0 Å². The minimum atomic E-state index is -0.904. The van der Waals surface area contributed by atoms with Crippen molar-refractivity contribution in [3.63, 3.8) is 0 Å². The molecular weight excluding hydrogens is 340 g/mol. The molecule has 0 spiro atoms. The number of rotatable bonds is 9. The van der Waals surface area contributed by atoms with Crippen LogP contribution in [0.1, 0.15) is 40.5 Å². The number of benzene rings is 1. The van der Waals surface area contributed by atoms with E-state index >= 15 is 0 Å². The number of carbonyl (C=O) groups is 3. The lowest BCUT2D eigenvalue weighted by Gasteiger charge is -2.18. The van der Waals surface area contributed by atoms with E-state index in [-0.39, 0.29) is 37.2 Å². The minimum Gasteiger partial charge on any atom is -0.481 e. The highest BCUT2D eigenvalue weighted by molar-refractivity contribution is 7.12. The molecule has 2 amide bonds. The highest BCUT2D eigenvalue weighted by Crippen LogP contribution is 2.18. The molecule has 0 saturated carbocycles. The van der Waals surface area contributed by atoms with Crippen molar-refractivity contribution >= 4 is 29.1 Å². The van der Waals surface area contributed by atoms with Gasteiger partial charge in [0.05, 0.1) is 10.9 Å². The van der Waals surface area contributed by atoms with E-state index in [0.29, 0.717) is 11.3 Å². The van der Waals surface area contributed by atoms with Gasteiger partial charge in [-0.3, -0.25) is 14.4 Å². The number of carboxylic acid groups (broad SMARTS) is 1. The number of nitrogens with one attached hydrogen (secondary N) is 2. The van der Waals surface area contributed by atoms with E-state index in [1.54, 1.807) is 12.1 Å². The number of hydrogen-bond acceptors (Lipinski definition) is 4. The summed E-state index contributed by atoms with van der Waals surface area (Å²) >= 11 is 1.34. The molecule has 1 atom stereocenters. The number of hydrogen-bond donors (Lipinski definition) is 3. The molecule has 0 aliphatic heterocycles. The molecule has 132 valence electrons. The number of amides is 2. The molecule has 0 radical (unpaired) electrons. The van der Waals surface area contributed by atoms with Gasteiger partial charge >= 0.3 is 5.97 Å². The maximum Gasteiger partial charge on any atom is 0.303 e. The number of carbonyl (C=O) groups excluding carboxylic acids is 2. The summed E-state index contributed by atoms with van der Waals surface area (Å²) in [6.45, 7) is 0.225. The molecule has 3 N–H and O–H groups in total. The zero-order chi connectivity index (χ0) is 18.1. The van der Waals surface area contributed by atoms with E-state index in [4.69, 9.17) is 5.11 Å². The molecule has 1 aromatic heterocycles. The van der Waals surface area contributed by atoms with Crippen molar-refractivity contribution in [3.8, 4) is 0 Å². The quantitative estimate of drug-likeness (QED) is 0.640. The first kappa shape index (κ1) is 18.7. The SMILES string of the molecule is O=C(O)CCC(NC(=O)CCNC(=O)c1cccs1)c1ccccc1. The summed E-state index contributed by atoms with van der Waals surface area (Å²) < 4.78 is 0. The summed E-state index contributed by atoms with van der Waals surface area (Å²) in [4.78, 5) is 35.4. The average molecular weight is 360 g/mol. The highest BCUT2D eigenvalue weighted by Gasteiger charge is 2.16. The number of aliphatic carboxylic acids is 1. The molecule has 0 bridgehead atoms. The van der Waals surface area contributed by atoms with Crippen LogP contribution in [0.15, 0.2) is 47.8 Å². The van der Waals surface area contributed by atoms with Crippen LogP contribution in [-0.4, -0.2) is 29.4 Å². The van der Waals surface area contributed by atoms with E-state index in [0.717, 1.165) is 5.56 Å². The van der Waals surface area contributed by atoms with Crippen molar-refractivity contribution in [1.82, 2.24) is 10.6 Å². The Morgan fingerprint density at radius 2 is 1.80 bits per heavy atom. The summed E-state index contributed by atoms with van der Waals surface area (Å²) in [7, 11) is 0. The van der Waals surface area contributed by atoms with Gasteiger partial charge < -0.3 is 15.7 Å². The topological polar surface area (TPSA) is 95.5 Å². The van der Waals surface area contributed by atoms with Crippen LogP contribution in [0.25, 0.3) is 0 Å². The smallest absolute Gasteiger partial charge is 0.303 e. The Balaban J connectivity index is 1.84. The maximum absolute atomic E-state index is 12.1. The third-order valence-electron chi connectivity index (χ3n) is 3.57. The van der Waals surface area contributed by atoms with E-state index in [9.17, 15) is 14.4 Å². The second-order valence-corrected chi connectivity index (χ2v) is 6.39. The number of carboxylic acids is 1. The molecule has 0 aliphatic carbocycles. The van der Waals surface area contributed by atoms with E-state index in [2.05, 4.69) is 10.6 Å². The largest absolute Gasteiger partial charge is 0.481 e. The molecular formula is C18H20N2O4S. The fraction of sp³-hybridized carbons (Fsp3) is 0.278. The zero-order valence-corrected chi connectivity index (χ0v) is 14.4. The van der Waals surface area contributed by atoms with Crippen molar-refractivity contribution in [2.75, 3.05) is 6.54 Å². The van der Waals surface area contributed by atoms with Gasteiger partial charge in [-0.05, 0) is 23.4 Å². The summed E-state index contributed by atoms with van der Waals surface area (Å²) in [6, 6.07) is 12.4. The summed E-state index contributed by atoms with van der Waals surface area (Å²) in [5, 5.41) is 16.2. The third-order valence-corrected chi connectivity index (χ3v) is 4.44. The minimum absolute atomic E-state index is 0.0328.